The molecule has 206 valence electrons. The molecule has 0 atom stereocenters. The van der Waals surface area contributed by atoms with Crippen molar-refractivity contribution in [2.75, 3.05) is 0 Å². The Labute approximate surface area is 256 Å². The van der Waals surface area contributed by atoms with Crippen LogP contribution in [0.15, 0.2) is 91.4 Å². The van der Waals surface area contributed by atoms with Crippen molar-refractivity contribution in [3.63, 3.8) is 0 Å². The number of ether oxygens (including phenoxy) is 1. The molecule has 8 rings (SSSR count). The summed E-state index contributed by atoms with van der Waals surface area (Å²) < 4.78 is 10.3. The second-order valence-electron chi connectivity index (χ2n) is 11.2. The number of benzene rings is 3. The van der Waals surface area contributed by atoms with Gasteiger partial charge in [0.05, 0.1) is 11.2 Å². The fourth-order valence-electron chi connectivity index (χ4n) is 5.59. The number of hydrogen-bond acceptors (Lipinski definition) is 5. The zero-order valence-corrected chi connectivity index (χ0v) is 25.3. The molecule has 0 fully saturated rings. The summed E-state index contributed by atoms with van der Waals surface area (Å²) in [4.78, 5) is 9.58. The van der Waals surface area contributed by atoms with Crippen LogP contribution >= 0.6 is 0 Å². The Morgan fingerprint density at radius 3 is 2.38 bits per heavy atom. The van der Waals surface area contributed by atoms with E-state index in [1.807, 2.05) is 40.8 Å². The normalized spacial score (nSPS) is 12.0. The summed E-state index contributed by atoms with van der Waals surface area (Å²) in [5, 5.41) is 13.4. The van der Waals surface area contributed by atoms with Crippen molar-refractivity contribution in [1.29, 1.82) is 0 Å². The van der Waals surface area contributed by atoms with Crippen LogP contribution in [0, 0.1) is 12.1 Å². The van der Waals surface area contributed by atoms with Crippen LogP contribution in [0.5, 0.6) is 11.8 Å². The van der Waals surface area contributed by atoms with Gasteiger partial charge in [-0.25, -0.2) is 4.98 Å². The van der Waals surface area contributed by atoms with E-state index in [0.29, 0.717) is 17.4 Å². The minimum atomic E-state index is 0. The molecule has 0 aliphatic carbocycles. The van der Waals surface area contributed by atoms with Crippen LogP contribution in [0.1, 0.15) is 26.3 Å². The van der Waals surface area contributed by atoms with E-state index >= 15 is 0 Å². The molecule has 0 aliphatic heterocycles. The van der Waals surface area contributed by atoms with Crippen molar-refractivity contribution in [3.05, 3.63) is 109 Å². The second-order valence-corrected chi connectivity index (χ2v) is 11.2. The van der Waals surface area contributed by atoms with Crippen LogP contribution < -0.4 is 4.74 Å². The average molecular weight is 728 g/mol. The molecule has 42 heavy (non-hydrogen) atoms. The van der Waals surface area contributed by atoms with Gasteiger partial charge in [-0.15, -0.1) is 17.5 Å². The van der Waals surface area contributed by atoms with Crippen molar-refractivity contribution in [3.8, 4) is 17.4 Å². The van der Waals surface area contributed by atoms with E-state index in [-0.39, 0.29) is 26.5 Å². The first-order valence-electron chi connectivity index (χ1n) is 13.5. The molecule has 5 heterocycles. The molecule has 0 radical (unpaired) electrons. The molecule has 0 aliphatic rings. The van der Waals surface area contributed by atoms with E-state index in [1.54, 1.807) is 12.5 Å². The Bertz CT molecular complexity index is 2300. The van der Waals surface area contributed by atoms with Gasteiger partial charge in [0.2, 0.25) is 5.88 Å². The first-order chi connectivity index (χ1) is 20.0. The van der Waals surface area contributed by atoms with Crippen LogP contribution in [0.25, 0.3) is 54.9 Å². The molecule has 0 saturated carbocycles. The number of fused-ring (bicyclic) bond motifs is 9. The summed E-state index contributed by atoms with van der Waals surface area (Å²) in [6, 6.07) is 33.4. The molecule has 0 N–H and O–H groups in total. The van der Waals surface area contributed by atoms with Gasteiger partial charge in [-0.2, -0.15) is 38.9 Å². The third-order valence-corrected chi connectivity index (χ3v) is 7.63. The zero-order valence-electron chi connectivity index (χ0n) is 23.1. The fourth-order valence-corrected chi connectivity index (χ4v) is 5.59. The van der Waals surface area contributed by atoms with Crippen LogP contribution in [0.2, 0.25) is 0 Å². The predicted molar refractivity (Wildman–Crippen MR) is 161 cm³/mol. The number of para-hydroxylation sites is 2. The minimum absolute atomic E-state index is 0. The van der Waals surface area contributed by atoms with Gasteiger partial charge < -0.3 is 13.7 Å². The van der Waals surface area contributed by atoms with Gasteiger partial charge in [0.1, 0.15) is 12.0 Å². The van der Waals surface area contributed by atoms with Crippen LogP contribution in [0.3, 0.4) is 0 Å². The first kappa shape index (κ1) is 26.3. The van der Waals surface area contributed by atoms with Gasteiger partial charge in [0, 0.05) is 22.4 Å². The van der Waals surface area contributed by atoms with Gasteiger partial charge >= 0.3 is 21.1 Å². The molecule has 0 amide bonds. The Balaban J connectivity index is 0.00000288. The molecule has 0 bridgehead atoms. The maximum Gasteiger partial charge on any atom is 2.00 e. The Morgan fingerprint density at radius 1 is 0.810 bits per heavy atom. The third kappa shape index (κ3) is 4.07. The number of aromatic nitrogens is 6. The topological polar surface area (TPSA) is 70.1 Å². The van der Waals surface area contributed by atoms with E-state index in [1.165, 1.54) is 5.56 Å². The van der Waals surface area contributed by atoms with Crippen LogP contribution in [-0.4, -0.2) is 29.1 Å². The van der Waals surface area contributed by atoms with Crippen LogP contribution in [0.4, 0.5) is 0 Å². The first-order valence-corrected chi connectivity index (χ1v) is 13.5. The zero-order chi connectivity index (χ0) is 27.7. The van der Waals surface area contributed by atoms with Crippen molar-refractivity contribution < 1.29 is 25.8 Å². The maximum absolute atomic E-state index is 6.24. The van der Waals surface area contributed by atoms with E-state index < -0.39 is 0 Å². The number of rotatable bonds is 3. The van der Waals surface area contributed by atoms with Gasteiger partial charge in [0.15, 0.2) is 5.88 Å². The quantitative estimate of drug-likeness (QED) is 0.139. The third-order valence-electron chi connectivity index (χ3n) is 7.63. The van der Waals surface area contributed by atoms with E-state index in [0.717, 1.165) is 49.3 Å². The number of hydrogen-bond donors (Lipinski definition) is 0. The van der Waals surface area contributed by atoms with E-state index in [9.17, 15) is 0 Å². The predicted octanol–water partition coefficient (Wildman–Crippen LogP) is 7.61. The average Bonchev–Trinajstić information content (AvgIpc) is 3.60. The van der Waals surface area contributed by atoms with Gasteiger partial charge in [-0.05, 0) is 35.2 Å². The molecule has 7 nitrogen and oxygen atoms in total. The van der Waals surface area contributed by atoms with Gasteiger partial charge in [-0.1, -0.05) is 68.2 Å². The minimum Gasteiger partial charge on any atom is -0.433 e. The molecule has 5 aromatic heterocycles. The fraction of sp³-hybridized carbons (Fsp3) is 0.118. The number of pyridine rings is 3. The molecule has 0 unspecified atom stereocenters. The van der Waals surface area contributed by atoms with Gasteiger partial charge in [-0.3, -0.25) is 0 Å². The standard InChI is InChI=1S/C34H24N6O.Pt/c1-34(2,3)21-9-8-10-22(17-21)40-29-14-7-5-11-23(29)25-15-16-30(37-32(25)40)41-31-18-26-27(19-35-31)24-12-4-6-13-28(24)39-20-36-38-33(26)39;/h4-9,11-17,19-20H,1-3H3;/q-2;+2. The van der Waals surface area contributed by atoms with Gasteiger partial charge in [0.25, 0.3) is 0 Å². The summed E-state index contributed by atoms with van der Waals surface area (Å²) in [5.41, 5.74) is 5.73. The Kier molecular flexibility index (Phi) is 6.10. The second kappa shape index (κ2) is 9.74. The SMILES string of the molecule is CC(C)(C)c1cc[c-]c(-n2c3ccccc3c3ccc(Oc4[c-]c5c(cn4)c4ccccc4n4cnnc54)nc32)c1.[Pt+2]. The molecule has 0 saturated heterocycles. The number of nitrogens with zero attached hydrogens (tertiary/aromatic N) is 6. The van der Waals surface area contributed by atoms with Crippen molar-refractivity contribution in [2.45, 2.75) is 26.2 Å². The Morgan fingerprint density at radius 2 is 1.57 bits per heavy atom. The van der Waals surface area contributed by atoms with E-state index in [2.05, 4.69) is 95.1 Å². The summed E-state index contributed by atoms with van der Waals surface area (Å²) in [6.07, 6.45) is 3.52. The van der Waals surface area contributed by atoms with E-state index in [4.69, 9.17) is 9.72 Å². The van der Waals surface area contributed by atoms with Crippen molar-refractivity contribution in [2.24, 2.45) is 0 Å². The summed E-state index contributed by atoms with van der Waals surface area (Å²) >= 11 is 0. The van der Waals surface area contributed by atoms with Crippen molar-refractivity contribution in [1.82, 2.24) is 29.1 Å². The summed E-state index contributed by atoms with van der Waals surface area (Å²) in [6.45, 7) is 6.64. The molecule has 8 heteroatoms. The summed E-state index contributed by atoms with van der Waals surface area (Å²) in [5.74, 6) is 0.739. The smallest absolute Gasteiger partial charge is 0.433 e. The molecule has 0 spiro atoms. The van der Waals surface area contributed by atoms with Crippen molar-refractivity contribution >= 4 is 49.3 Å². The largest absolute Gasteiger partial charge is 2.00 e. The monoisotopic (exact) mass is 727 g/mol. The molecule has 3 aromatic carbocycles. The molecular formula is C34H24N6OPt. The maximum atomic E-state index is 6.24. The molecule has 8 aromatic rings. The summed E-state index contributed by atoms with van der Waals surface area (Å²) in [7, 11) is 0. The Hall–Kier alpha value is -4.61. The van der Waals surface area contributed by atoms with Crippen LogP contribution in [-0.2, 0) is 26.5 Å². The molecular weight excluding hydrogens is 703 g/mol.